The summed E-state index contributed by atoms with van der Waals surface area (Å²) in [7, 11) is 0. The van der Waals surface area contributed by atoms with E-state index in [2.05, 4.69) is 20.4 Å². The lowest BCUT2D eigenvalue weighted by Crippen LogP contribution is -2.38. The number of amides is 1. The fourth-order valence-corrected chi connectivity index (χ4v) is 3.71. The van der Waals surface area contributed by atoms with Crippen LogP contribution < -0.4 is 5.32 Å². The molecule has 10 heteroatoms. The first-order chi connectivity index (χ1) is 14.2. The number of ether oxygens (including phenoxy) is 1. The van der Waals surface area contributed by atoms with E-state index in [0.29, 0.717) is 24.1 Å². The average Bonchev–Trinajstić information content (AvgIpc) is 3.15. The number of hydrogen-bond acceptors (Lipinski definition) is 7. The van der Waals surface area contributed by atoms with Gasteiger partial charge in [0, 0.05) is 38.3 Å². The zero-order valence-corrected chi connectivity index (χ0v) is 16.8. The van der Waals surface area contributed by atoms with E-state index in [0.717, 1.165) is 38.4 Å². The Morgan fingerprint density at radius 1 is 1.24 bits per heavy atom. The van der Waals surface area contributed by atoms with Crippen LogP contribution in [-0.2, 0) is 16.1 Å². The van der Waals surface area contributed by atoms with Gasteiger partial charge in [-0.2, -0.15) is 5.26 Å². The summed E-state index contributed by atoms with van der Waals surface area (Å²) in [6.07, 6.45) is 0.279. The highest BCUT2D eigenvalue weighted by atomic mass is 32.2. The number of nitriles is 1. The molecule has 2 aromatic rings. The van der Waals surface area contributed by atoms with Crippen LogP contribution in [0.2, 0.25) is 0 Å². The van der Waals surface area contributed by atoms with Gasteiger partial charge < -0.3 is 14.6 Å². The summed E-state index contributed by atoms with van der Waals surface area (Å²) < 4.78 is 20.7. The second-order valence-electron chi connectivity index (χ2n) is 6.47. The molecule has 0 spiro atoms. The molecule has 154 valence electrons. The van der Waals surface area contributed by atoms with Crippen molar-refractivity contribution < 1.29 is 13.9 Å². The number of rotatable bonds is 9. The fraction of sp³-hybridized carbons (Fsp3) is 0.474. The highest BCUT2D eigenvalue weighted by molar-refractivity contribution is 7.99. The molecule has 1 N–H and O–H groups in total. The highest BCUT2D eigenvalue weighted by Crippen LogP contribution is 2.24. The predicted molar refractivity (Wildman–Crippen MR) is 107 cm³/mol. The lowest BCUT2D eigenvalue weighted by Gasteiger charge is -2.27. The zero-order chi connectivity index (χ0) is 20.5. The number of aromatic nitrogens is 3. The number of nitrogens with one attached hydrogen (secondary N) is 1. The normalized spacial score (nSPS) is 14.5. The molecule has 1 aromatic carbocycles. The van der Waals surface area contributed by atoms with Gasteiger partial charge in [-0.05, 0) is 24.3 Å². The zero-order valence-electron chi connectivity index (χ0n) is 16.0. The van der Waals surface area contributed by atoms with Crippen LogP contribution in [0.5, 0.6) is 0 Å². The number of nitrogens with zero attached hydrogens (tertiary/aromatic N) is 5. The number of morpholine rings is 1. The Morgan fingerprint density at radius 3 is 2.72 bits per heavy atom. The van der Waals surface area contributed by atoms with Crippen LogP contribution in [0.4, 0.5) is 4.39 Å². The molecule has 1 saturated heterocycles. The second kappa shape index (κ2) is 10.9. The SMILES string of the molecule is N#CCCNC(=O)CSc1nnc(-c2ccc(F)cc2)n1CCN1CCOCC1. The van der Waals surface area contributed by atoms with Crippen LogP contribution >= 0.6 is 11.8 Å². The van der Waals surface area contributed by atoms with E-state index in [1.807, 2.05) is 10.6 Å². The first kappa shape index (κ1) is 21.2. The van der Waals surface area contributed by atoms with Gasteiger partial charge in [0.05, 0.1) is 31.5 Å². The summed E-state index contributed by atoms with van der Waals surface area (Å²) in [6.45, 7) is 4.97. The molecule has 1 aliphatic heterocycles. The third-order valence-electron chi connectivity index (χ3n) is 4.45. The van der Waals surface area contributed by atoms with E-state index in [1.165, 1.54) is 23.9 Å². The number of hydrogen-bond donors (Lipinski definition) is 1. The lowest BCUT2D eigenvalue weighted by atomic mass is 10.2. The molecule has 0 radical (unpaired) electrons. The highest BCUT2D eigenvalue weighted by Gasteiger charge is 2.18. The fourth-order valence-electron chi connectivity index (χ4n) is 2.91. The minimum atomic E-state index is -0.309. The first-order valence-corrected chi connectivity index (χ1v) is 10.4. The average molecular weight is 418 g/mol. The van der Waals surface area contributed by atoms with Crippen molar-refractivity contribution in [3.05, 3.63) is 30.1 Å². The molecule has 29 heavy (non-hydrogen) atoms. The minimum absolute atomic E-state index is 0.156. The van der Waals surface area contributed by atoms with Gasteiger partial charge in [-0.3, -0.25) is 9.69 Å². The molecule has 1 amide bonds. The molecule has 1 aromatic heterocycles. The molecule has 2 heterocycles. The number of halogens is 1. The maximum Gasteiger partial charge on any atom is 0.230 e. The van der Waals surface area contributed by atoms with Crippen LogP contribution in [-0.4, -0.2) is 70.7 Å². The van der Waals surface area contributed by atoms with Crippen molar-refractivity contribution in [2.24, 2.45) is 0 Å². The number of thioether (sulfide) groups is 1. The van der Waals surface area contributed by atoms with Crippen LogP contribution in [0.25, 0.3) is 11.4 Å². The van der Waals surface area contributed by atoms with Crippen molar-refractivity contribution in [1.29, 1.82) is 5.26 Å². The molecule has 0 bridgehead atoms. The van der Waals surface area contributed by atoms with Gasteiger partial charge in [0.15, 0.2) is 11.0 Å². The van der Waals surface area contributed by atoms with Gasteiger partial charge in [0.1, 0.15) is 5.82 Å². The number of carbonyl (C=O) groups is 1. The van der Waals surface area contributed by atoms with Gasteiger partial charge in [0.25, 0.3) is 0 Å². The Kier molecular flexibility index (Phi) is 7.98. The van der Waals surface area contributed by atoms with E-state index < -0.39 is 0 Å². The van der Waals surface area contributed by atoms with Crippen LogP contribution in [0.3, 0.4) is 0 Å². The maximum atomic E-state index is 13.3. The van der Waals surface area contributed by atoms with Crippen molar-refractivity contribution >= 4 is 17.7 Å². The molecular weight excluding hydrogens is 395 g/mol. The largest absolute Gasteiger partial charge is 0.379 e. The van der Waals surface area contributed by atoms with E-state index >= 15 is 0 Å². The van der Waals surface area contributed by atoms with Gasteiger partial charge in [0.2, 0.25) is 5.91 Å². The lowest BCUT2D eigenvalue weighted by molar-refractivity contribution is -0.118. The predicted octanol–water partition coefficient (Wildman–Crippen LogP) is 1.54. The van der Waals surface area contributed by atoms with Gasteiger partial charge in [-0.1, -0.05) is 11.8 Å². The third-order valence-corrected chi connectivity index (χ3v) is 5.42. The Hall–Kier alpha value is -2.48. The Bertz CT molecular complexity index is 845. The summed E-state index contributed by atoms with van der Waals surface area (Å²) in [5, 5.41) is 20.4. The van der Waals surface area contributed by atoms with Crippen molar-refractivity contribution in [1.82, 2.24) is 25.0 Å². The van der Waals surface area contributed by atoms with Gasteiger partial charge >= 0.3 is 0 Å². The minimum Gasteiger partial charge on any atom is -0.379 e. The third kappa shape index (κ3) is 6.25. The molecule has 3 rings (SSSR count). The molecule has 8 nitrogen and oxygen atoms in total. The smallest absolute Gasteiger partial charge is 0.230 e. The summed E-state index contributed by atoms with van der Waals surface area (Å²) >= 11 is 1.30. The second-order valence-corrected chi connectivity index (χ2v) is 7.41. The molecule has 0 unspecified atom stereocenters. The van der Waals surface area contributed by atoms with E-state index in [9.17, 15) is 9.18 Å². The molecule has 0 saturated carbocycles. The Balaban J connectivity index is 1.71. The van der Waals surface area contributed by atoms with Crippen molar-refractivity contribution in [3.63, 3.8) is 0 Å². The number of carbonyl (C=O) groups excluding carboxylic acids is 1. The monoisotopic (exact) mass is 418 g/mol. The topological polar surface area (TPSA) is 96.1 Å². The van der Waals surface area contributed by atoms with Crippen LogP contribution in [0.1, 0.15) is 6.42 Å². The number of benzene rings is 1. The van der Waals surface area contributed by atoms with Crippen molar-refractivity contribution in [3.8, 4) is 17.5 Å². The summed E-state index contributed by atoms with van der Waals surface area (Å²) in [5.41, 5.74) is 0.770. The molecular formula is C19H23FN6O2S. The first-order valence-electron chi connectivity index (χ1n) is 9.43. The standard InChI is InChI=1S/C19H23FN6O2S/c20-16-4-2-15(3-5-16)18-23-24-19(29-14-17(27)22-7-1-6-21)26(18)9-8-25-10-12-28-13-11-25/h2-5H,1,7-14H2,(H,22,27). The Morgan fingerprint density at radius 2 is 2.00 bits per heavy atom. The summed E-state index contributed by atoms with van der Waals surface area (Å²) in [6, 6.07) is 8.13. The molecule has 1 fully saturated rings. The van der Waals surface area contributed by atoms with Gasteiger partial charge in [-0.15, -0.1) is 10.2 Å². The van der Waals surface area contributed by atoms with Gasteiger partial charge in [-0.25, -0.2) is 4.39 Å². The van der Waals surface area contributed by atoms with Crippen LogP contribution in [0.15, 0.2) is 29.4 Å². The van der Waals surface area contributed by atoms with E-state index in [1.54, 1.807) is 12.1 Å². The quantitative estimate of drug-likeness (QED) is 0.487. The van der Waals surface area contributed by atoms with Crippen molar-refractivity contribution in [2.75, 3.05) is 45.1 Å². The summed E-state index contributed by atoms with van der Waals surface area (Å²) in [5.74, 6) is 0.364. The Labute approximate surface area is 173 Å². The molecule has 0 atom stereocenters. The maximum absolute atomic E-state index is 13.3. The van der Waals surface area contributed by atoms with Crippen LogP contribution in [0, 0.1) is 17.1 Å². The molecule has 1 aliphatic rings. The van der Waals surface area contributed by atoms with E-state index in [-0.39, 0.29) is 23.9 Å². The van der Waals surface area contributed by atoms with E-state index in [4.69, 9.17) is 10.00 Å². The summed E-state index contributed by atoms with van der Waals surface area (Å²) in [4.78, 5) is 14.3. The molecule has 0 aliphatic carbocycles. The van der Waals surface area contributed by atoms with Crippen molar-refractivity contribution in [2.45, 2.75) is 18.1 Å².